The van der Waals surface area contributed by atoms with Gasteiger partial charge in [0.25, 0.3) is 0 Å². The molecule has 2 aromatic rings. The lowest BCUT2D eigenvalue weighted by atomic mass is 10.0. The molecule has 6 heteroatoms. The monoisotopic (exact) mass is 301 g/mol. The fourth-order valence-corrected chi connectivity index (χ4v) is 2.00. The first-order valence-electron chi connectivity index (χ1n) is 6.48. The van der Waals surface area contributed by atoms with E-state index in [9.17, 15) is 9.59 Å². The van der Waals surface area contributed by atoms with E-state index in [-0.39, 0.29) is 5.69 Å². The van der Waals surface area contributed by atoms with Crippen molar-refractivity contribution >= 4 is 11.8 Å². The maximum absolute atomic E-state index is 12.0. The minimum atomic E-state index is -1.54. The minimum Gasteiger partial charge on any atom is -0.502 e. The summed E-state index contributed by atoms with van der Waals surface area (Å²) in [4.78, 5) is 25.3. The molecular formula is C16H15NO5. The SMILES string of the molecule is COc1ccc(Cc2cc[nH]c2C(=O)C=C(O)C(=O)O)cc1. The van der Waals surface area contributed by atoms with Crippen molar-refractivity contribution in [3.05, 3.63) is 65.2 Å². The number of allylic oxidation sites excluding steroid dienone is 1. The number of ether oxygens (including phenoxy) is 1. The van der Waals surface area contributed by atoms with Crippen molar-refractivity contribution in [3.63, 3.8) is 0 Å². The number of aromatic nitrogens is 1. The highest BCUT2D eigenvalue weighted by molar-refractivity contribution is 6.07. The van der Waals surface area contributed by atoms with Crippen LogP contribution in [0.2, 0.25) is 0 Å². The van der Waals surface area contributed by atoms with Crippen LogP contribution in [0.5, 0.6) is 5.75 Å². The summed E-state index contributed by atoms with van der Waals surface area (Å²) in [6.45, 7) is 0. The van der Waals surface area contributed by atoms with Gasteiger partial charge in [-0.15, -0.1) is 0 Å². The number of aromatic amines is 1. The molecule has 0 aliphatic carbocycles. The molecule has 0 amide bonds. The fraction of sp³-hybridized carbons (Fsp3) is 0.125. The van der Waals surface area contributed by atoms with Crippen LogP contribution in [0.3, 0.4) is 0 Å². The van der Waals surface area contributed by atoms with Gasteiger partial charge in [0.15, 0.2) is 0 Å². The van der Waals surface area contributed by atoms with Gasteiger partial charge in [-0.05, 0) is 35.7 Å². The molecule has 0 saturated carbocycles. The van der Waals surface area contributed by atoms with Gasteiger partial charge in [0.1, 0.15) is 5.75 Å². The van der Waals surface area contributed by atoms with Crippen molar-refractivity contribution in [1.29, 1.82) is 0 Å². The van der Waals surface area contributed by atoms with Gasteiger partial charge in [-0.25, -0.2) is 4.79 Å². The van der Waals surface area contributed by atoms with E-state index in [2.05, 4.69) is 4.98 Å². The molecule has 0 atom stereocenters. The van der Waals surface area contributed by atoms with E-state index >= 15 is 0 Å². The average molecular weight is 301 g/mol. The Kier molecular flexibility index (Phi) is 4.63. The number of hydrogen-bond acceptors (Lipinski definition) is 4. The Labute approximate surface area is 126 Å². The molecule has 3 N–H and O–H groups in total. The van der Waals surface area contributed by atoms with Crippen LogP contribution < -0.4 is 4.74 Å². The molecule has 0 spiro atoms. The zero-order valence-corrected chi connectivity index (χ0v) is 11.9. The first-order valence-corrected chi connectivity index (χ1v) is 6.48. The highest BCUT2D eigenvalue weighted by atomic mass is 16.5. The van der Waals surface area contributed by atoms with E-state index in [1.54, 1.807) is 19.4 Å². The number of hydrogen-bond donors (Lipinski definition) is 3. The molecule has 1 aromatic heterocycles. The summed E-state index contributed by atoms with van der Waals surface area (Å²) in [6, 6.07) is 9.14. The van der Waals surface area contributed by atoms with Gasteiger partial charge in [0.05, 0.1) is 12.8 Å². The number of benzene rings is 1. The molecule has 0 aliphatic heterocycles. The highest BCUT2D eigenvalue weighted by Gasteiger charge is 2.14. The lowest BCUT2D eigenvalue weighted by Crippen LogP contribution is -2.06. The zero-order valence-electron chi connectivity index (χ0n) is 11.9. The third-order valence-corrected chi connectivity index (χ3v) is 3.12. The Hall–Kier alpha value is -3.02. The van der Waals surface area contributed by atoms with Crippen LogP contribution in [-0.2, 0) is 11.2 Å². The smallest absolute Gasteiger partial charge is 0.371 e. The molecule has 1 heterocycles. The lowest BCUT2D eigenvalue weighted by Gasteiger charge is -2.04. The fourth-order valence-electron chi connectivity index (χ4n) is 2.00. The quantitative estimate of drug-likeness (QED) is 0.432. The molecule has 6 nitrogen and oxygen atoms in total. The van der Waals surface area contributed by atoms with Gasteiger partial charge in [-0.3, -0.25) is 4.79 Å². The maximum Gasteiger partial charge on any atom is 0.371 e. The van der Waals surface area contributed by atoms with E-state index in [1.807, 2.05) is 24.3 Å². The molecule has 22 heavy (non-hydrogen) atoms. The van der Waals surface area contributed by atoms with Gasteiger partial charge in [-0.1, -0.05) is 12.1 Å². The Morgan fingerprint density at radius 1 is 1.18 bits per heavy atom. The second-order valence-electron chi connectivity index (χ2n) is 4.60. The normalized spacial score (nSPS) is 11.2. The number of aliphatic hydroxyl groups excluding tert-OH is 1. The molecule has 0 radical (unpaired) electrons. The number of rotatable bonds is 6. The van der Waals surface area contributed by atoms with E-state index in [0.717, 1.165) is 11.3 Å². The van der Waals surface area contributed by atoms with Crippen molar-refractivity contribution in [1.82, 2.24) is 4.98 Å². The number of ketones is 1. The van der Waals surface area contributed by atoms with Gasteiger partial charge < -0.3 is 19.9 Å². The van der Waals surface area contributed by atoms with E-state index in [1.165, 1.54) is 0 Å². The zero-order chi connectivity index (χ0) is 16.1. The molecule has 0 fully saturated rings. The molecule has 0 bridgehead atoms. The summed E-state index contributed by atoms with van der Waals surface area (Å²) in [5.74, 6) is -2.39. The van der Waals surface area contributed by atoms with Gasteiger partial charge in [0.2, 0.25) is 11.5 Å². The highest BCUT2D eigenvalue weighted by Crippen LogP contribution is 2.17. The van der Waals surface area contributed by atoms with Crippen LogP contribution in [0.4, 0.5) is 0 Å². The van der Waals surface area contributed by atoms with E-state index in [0.29, 0.717) is 18.1 Å². The lowest BCUT2D eigenvalue weighted by molar-refractivity contribution is -0.135. The van der Waals surface area contributed by atoms with Gasteiger partial charge >= 0.3 is 5.97 Å². The summed E-state index contributed by atoms with van der Waals surface area (Å²) in [5, 5.41) is 17.7. The first-order chi connectivity index (χ1) is 10.5. The van der Waals surface area contributed by atoms with Crippen LogP contribution >= 0.6 is 0 Å². The van der Waals surface area contributed by atoms with Crippen LogP contribution in [0.15, 0.2) is 48.4 Å². The third kappa shape index (κ3) is 3.54. The molecule has 2 rings (SSSR count). The van der Waals surface area contributed by atoms with Crippen molar-refractivity contribution in [2.75, 3.05) is 7.11 Å². The number of carbonyl (C=O) groups excluding carboxylic acids is 1. The summed E-state index contributed by atoms with van der Waals surface area (Å²) < 4.78 is 5.08. The summed E-state index contributed by atoms with van der Waals surface area (Å²) in [6.07, 6.45) is 2.78. The number of aliphatic carboxylic acids is 1. The van der Waals surface area contributed by atoms with E-state index < -0.39 is 17.5 Å². The number of carboxylic acids is 1. The molecular weight excluding hydrogens is 286 g/mol. The molecule has 0 unspecified atom stereocenters. The van der Waals surface area contributed by atoms with Gasteiger partial charge in [0, 0.05) is 12.3 Å². The van der Waals surface area contributed by atoms with Gasteiger partial charge in [-0.2, -0.15) is 0 Å². The predicted molar refractivity (Wildman–Crippen MR) is 79.3 cm³/mol. The Bertz CT molecular complexity index is 712. The average Bonchev–Trinajstić information content (AvgIpc) is 2.96. The Balaban J connectivity index is 2.20. The molecule has 1 aromatic carbocycles. The molecule has 114 valence electrons. The molecule has 0 saturated heterocycles. The number of carbonyl (C=O) groups is 2. The first kappa shape index (κ1) is 15.4. The summed E-state index contributed by atoms with van der Waals surface area (Å²) in [5.41, 5.74) is 1.94. The summed E-state index contributed by atoms with van der Waals surface area (Å²) in [7, 11) is 1.58. The van der Waals surface area contributed by atoms with Crippen LogP contribution in [0.1, 0.15) is 21.6 Å². The van der Waals surface area contributed by atoms with E-state index in [4.69, 9.17) is 14.9 Å². The van der Waals surface area contributed by atoms with Crippen molar-refractivity contribution in [2.24, 2.45) is 0 Å². The molecule has 0 aliphatic rings. The van der Waals surface area contributed by atoms with Crippen molar-refractivity contribution in [3.8, 4) is 5.75 Å². The summed E-state index contributed by atoms with van der Waals surface area (Å²) >= 11 is 0. The second kappa shape index (κ2) is 6.62. The van der Waals surface area contributed by atoms with Crippen molar-refractivity contribution in [2.45, 2.75) is 6.42 Å². The number of nitrogens with one attached hydrogen (secondary N) is 1. The second-order valence-corrected chi connectivity index (χ2v) is 4.60. The predicted octanol–water partition coefficient (Wildman–Crippen LogP) is 2.32. The topological polar surface area (TPSA) is 99.6 Å². The number of aliphatic hydroxyl groups is 1. The Morgan fingerprint density at radius 2 is 1.86 bits per heavy atom. The van der Waals surface area contributed by atoms with Crippen LogP contribution in [0.25, 0.3) is 0 Å². The van der Waals surface area contributed by atoms with Crippen molar-refractivity contribution < 1.29 is 24.5 Å². The Morgan fingerprint density at radius 3 is 2.45 bits per heavy atom. The number of carboxylic acid groups (broad SMARTS) is 1. The van der Waals surface area contributed by atoms with Crippen LogP contribution in [-0.4, -0.2) is 34.1 Å². The standard InChI is InChI=1S/C16H15NO5/c1-22-12-4-2-10(3-5-12)8-11-6-7-17-15(11)13(18)9-14(19)16(20)21/h2-7,9,17,19H,8H2,1H3,(H,20,21). The minimum absolute atomic E-state index is 0.253. The number of H-pyrrole nitrogens is 1. The largest absolute Gasteiger partial charge is 0.502 e. The maximum atomic E-state index is 12.0. The number of methoxy groups -OCH3 is 1. The van der Waals surface area contributed by atoms with Crippen LogP contribution in [0, 0.1) is 0 Å². The third-order valence-electron chi connectivity index (χ3n) is 3.12.